The molecule has 1 heterocycles. The molecule has 2 rings (SSSR count). The molecule has 0 saturated heterocycles. The summed E-state index contributed by atoms with van der Waals surface area (Å²) in [5.74, 6) is -0.906. The lowest BCUT2D eigenvalue weighted by atomic mass is 10.3. The minimum Gasteiger partial charge on any atom is -0.481 e. The van der Waals surface area contributed by atoms with Crippen LogP contribution in [0, 0.1) is 0 Å². The summed E-state index contributed by atoms with van der Waals surface area (Å²) in [5.41, 5.74) is 1.09. The summed E-state index contributed by atoms with van der Waals surface area (Å²) in [5, 5.41) is 12.1. The van der Waals surface area contributed by atoms with Gasteiger partial charge in [-0.2, -0.15) is 0 Å². The zero-order valence-electron chi connectivity index (χ0n) is 11.7. The van der Waals surface area contributed by atoms with E-state index < -0.39 is 5.97 Å². The number of hydrogen-bond acceptors (Lipinski definition) is 4. The molecule has 0 radical (unpaired) electrons. The molecular weight excluding hydrogens is 278 g/mol. The number of hydrogen-bond donors (Lipinski definition) is 2. The third-order valence-corrected chi connectivity index (χ3v) is 4.33. The van der Waals surface area contributed by atoms with E-state index in [9.17, 15) is 9.59 Å². The van der Waals surface area contributed by atoms with E-state index in [4.69, 9.17) is 5.11 Å². The van der Waals surface area contributed by atoms with Gasteiger partial charge in [0, 0.05) is 17.5 Å². The van der Waals surface area contributed by atoms with Gasteiger partial charge in [0.05, 0.1) is 12.1 Å². The van der Waals surface area contributed by atoms with Gasteiger partial charge in [-0.25, -0.2) is 9.78 Å². The smallest absolute Gasteiger partial charge is 0.323 e. The number of amides is 2. The molecule has 0 spiro atoms. The summed E-state index contributed by atoms with van der Waals surface area (Å²) >= 11 is 1.52. The Morgan fingerprint density at radius 1 is 1.45 bits per heavy atom. The van der Waals surface area contributed by atoms with Crippen LogP contribution in [0.15, 0.2) is 0 Å². The number of aryl methyl sites for hydroxylation is 2. The Morgan fingerprint density at radius 2 is 2.20 bits per heavy atom. The van der Waals surface area contributed by atoms with Crippen LogP contribution in [0.2, 0.25) is 0 Å². The van der Waals surface area contributed by atoms with Crippen molar-refractivity contribution in [1.29, 1.82) is 0 Å². The summed E-state index contributed by atoms with van der Waals surface area (Å²) in [4.78, 5) is 30.0. The third-order valence-electron chi connectivity index (χ3n) is 3.26. The largest absolute Gasteiger partial charge is 0.481 e. The van der Waals surface area contributed by atoms with Crippen LogP contribution in [0.5, 0.6) is 0 Å². The lowest BCUT2D eigenvalue weighted by Crippen LogP contribution is -2.41. The minimum absolute atomic E-state index is 0.0545. The van der Waals surface area contributed by atoms with Crippen LogP contribution in [-0.4, -0.2) is 39.6 Å². The first-order valence-electron chi connectivity index (χ1n) is 6.75. The maximum absolute atomic E-state index is 12.2. The molecule has 1 aliphatic rings. The van der Waals surface area contributed by atoms with Crippen LogP contribution < -0.4 is 5.32 Å². The van der Waals surface area contributed by atoms with E-state index in [1.807, 2.05) is 13.8 Å². The van der Waals surface area contributed by atoms with Crippen molar-refractivity contribution in [3.05, 3.63) is 10.6 Å². The highest BCUT2D eigenvalue weighted by molar-refractivity contribution is 7.15. The van der Waals surface area contributed by atoms with Crippen molar-refractivity contribution in [3.8, 4) is 0 Å². The highest BCUT2D eigenvalue weighted by Gasteiger charge is 2.21. The zero-order valence-corrected chi connectivity index (χ0v) is 12.5. The molecule has 20 heavy (non-hydrogen) atoms. The van der Waals surface area contributed by atoms with Crippen LogP contribution in [-0.2, 0) is 17.6 Å². The van der Waals surface area contributed by atoms with Crippen molar-refractivity contribution in [2.45, 2.75) is 45.6 Å². The SMILES string of the molecule is CC(C)N(CCC(=O)O)C(=O)Nc1nc2c(s1)CCC2. The number of aromatic nitrogens is 1. The molecule has 6 nitrogen and oxygen atoms in total. The van der Waals surface area contributed by atoms with Gasteiger partial charge in [-0.3, -0.25) is 10.1 Å². The number of nitrogens with zero attached hydrogens (tertiary/aromatic N) is 2. The molecule has 1 aromatic rings. The molecule has 2 amide bonds. The number of thiazole rings is 1. The summed E-state index contributed by atoms with van der Waals surface area (Å²) in [7, 11) is 0. The van der Waals surface area contributed by atoms with E-state index in [0.717, 1.165) is 25.0 Å². The molecule has 7 heteroatoms. The lowest BCUT2D eigenvalue weighted by molar-refractivity contribution is -0.137. The zero-order chi connectivity index (χ0) is 14.7. The van der Waals surface area contributed by atoms with Crippen LogP contribution in [0.4, 0.5) is 9.93 Å². The molecule has 110 valence electrons. The first-order chi connectivity index (χ1) is 9.47. The summed E-state index contributed by atoms with van der Waals surface area (Å²) < 4.78 is 0. The Bertz CT molecular complexity index is 491. The Balaban J connectivity index is 1.98. The molecule has 0 unspecified atom stereocenters. The number of carboxylic acids is 1. The molecule has 0 aliphatic heterocycles. The van der Waals surface area contributed by atoms with Gasteiger partial charge in [-0.15, -0.1) is 11.3 Å². The second kappa shape index (κ2) is 6.21. The van der Waals surface area contributed by atoms with Gasteiger partial charge in [0.2, 0.25) is 0 Å². The first kappa shape index (κ1) is 14.8. The Morgan fingerprint density at radius 3 is 2.80 bits per heavy atom. The third kappa shape index (κ3) is 3.47. The van der Waals surface area contributed by atoms with Crippen LogP contribution in [0.1, 0.15) is 37.3 Å². The molecule has 1 aromatic heterocycles. The van der Waals surface area contributed by atoms with Gasteiger partial charge in [0.15, 0.2) is 5.13 Å². The van der Waals surface area contributed by atoms with Gasteiger partial charge >= 0.3 is 12.0 Å². The summed E-state index contributed by atoms with van der Waals surface area (Å²) in [6, 6.07) is -0.338. The molecule has 0 bridgehead atoms. The molecule has 0 fully saturated rings. The number of carbonyl (C=O) groups is 2. The van der Waals surface area contributed by atoms with E-state index >= 15 is 0 Å². The maximum Gasteiger partial charge on any atom is 0.323 e. The second-order valence-corrected chi connectivity index (χ2v) is 6.19. The predicted octanol–water partition coefficient (Wildman–Crippen LogP) is 2.35. The van der Waals surface area contributed by atoms with Crippen LogP contribution in [0.3, 0.4) is 0 Å². The highest BCUT2D eigenvalue weighted by Crippen LogP contribution is 2.30. The average Bonchev–Trinajstić information content (AvgIpc) is 2.88. The van der Waals surface area contributed by atoms with Gasteiger partial charge < -0.3 is 10.0 Å². The van der Waals surface area contributed by atoms with Crippen LogP contribution >= 0.6 is 11.3 Å². The van der Waals surface area contributed by atoms with E-state index in [1.54, 1.807) is 0 Å². The highest BCUT2D eigenvalue weighted by atomic mass is 32.1. The normalized spacial score (nSPS) is 13.3. The van der Waals surface area contributed by atoms with Crippen molar-refractivity contribution in [3.63, 3.8) is 0 Å². The monoisotopic (exact) mass is 297 g/mol. The van der Waals surface area contributed by atoms with Crippen molar-refractivity contribution in [1.82, 2.24) is 9.88 Å². The Labute approximate surface area is 121 Å². The number of rotatable bonds is 5. The van der Waals surface area contributed by atoms with Crippen molar-refractivity contribution >= 4 is 28.5 Å². The second-order valence-electron chi connectivity index (χ2n) is 5.10. The number of anilines is 1. The molecular formula is C13H19N3O3S. The number of nitrogens with one attached hydrogen (secondary N) is 1. The van der Waals surface area contributed by atoms with E-state index in [0.29, 0.717) is 5.13 Å². The predicted molar refractivity (Wildman–Crippen MR) is 77.3 cm³/mol. The molecule has 2 N–H and O–H groups in total. The number of aliphatic carboxylic acids is 1. The van der Waals surface area contributed by atoms with Crippen LogP contribution in [0.25, 0.3) is 0 Å². The van der Waals surface area contributed by atoms with E-state index in [2.05, 4.69) is 10.3 Å². The van der Waals surface area contributed by atoms with E-state index in [-0.39, 0.29) is 25.0 Å². The Hall–Kier alpha value is -1.63. The van der Waals surface area contributed by atoms with E-state index in [1.165, 1.54) is 21.1 Å². The number of urea groups is 1. The molecule has 0 aromatic carbocycles. The maximum atomic E-state index is 12.2. The average molecular weight is 297 g/mol. The molecule has 0 atom stereocenters. The molecule has 1 aliphatic carbocycles. The number of carboxylic acid groups (broad SMARTS) is 1. The van der Waals surface area contributed by atoms with Gasteiger partial charge in [0.1, 0.15) is 0 Å². The molecule has 0 saturated carbocycles. The Kier molecular flexibility index (Phi) is 4.59. The fraction of sp³-hybridized carbons (Fsp3) is 0.615. The standard InChI is InChI=1S/C13H19N3O3S/c1-8(2)16(7-6-11(17)18)13(19)15-12-14-9-4-3-5-10(9)20-12/h8H,3-7H2,1-2H3,(H,17,18)(H,14,15,19). The fourth-order valence-corrected chi connectivity index (χ4v) is 3.26. The first-order valence-corrected chi connectivity index (χ1v) is 7.57. The van der Waals surface area contributed by atoms with Crippen molar-refractivity contribution in [2.75, 3.05) is 11.9 Å². The number of fused-ring (bicyclic) bond motifs is 1. The van der Waals surface area contributed by atoms with Gasteiger partial charge in [-0.1, -0.05) is 0 Å². The summed E-state index contributed by atoms with van der Waals surface area (Å²) in [6.07, 6.45) is 3.10. The van der Waals surface area contributed by atoms with Crippen molar-refractivity contribution < 1.29 is 14.7 Å². The van der Waals surface area contributed by atoms with Gasteiger partial charge in [-0.05, 0) is 33.1 Å². The quantitative estimate of drug-likeness (QED) is 0.874. The lowest BCUT2D eigenvalue weighted by Gasteiger charge is -2.25. The summed E-state index contributed by atoms with van der Waals surface area (Å²) in [6.45, 7) is 3.93. The fourth-order valence-electron chi connectivity index (χ4n) is 2.22. The number of carbonyl (C=O) groups excluding carboxylic acids is 1. The minimum atomic E-state index is -0.906. The topological polar surface area (TPSA) is 82.5 Å². The van der Waals surface area contributed by atoms with Gasteiger partial charge in [0.25, 0.3) is 0 Å². The van der Waals surface area contributed by atoms with Crippen molar-refractivity contribution in [2.24, 2.45) is 0 Å².